The van der Waals surface area contributed by atoms with Gasteiger partial charge in [0, 0.05) is 0 Å². The van der Waals surface area contributed by atoms with Crippen LogP contribution in [0.2, 0.25) is 0 Å². The largest absolute Gasteiger partial charge is 0.444 e. The number of carbonyl (C=O) groups excluding carboxylic acids is 2. The first kappa shape index (κ1) is 15.4. The van der Waals surface area contributed by atoms with Crippen molar-refractivity contribution in [2.45, 2.75) is 52.7 Å². The van der Waals surface area contributed by atoms with E-state index in [0.29, 0.717) is 0 Å². The molecule has 0 saturated heterocycles. The standard InChI is InChI=1S/C11H20BrNO3/c1-6-7(2)8(9(12)14)13-10(15)16-11(3,4)5/h7-8H,6H2,1-5H3,(H,13,15)/t7?,8-/m0/s1. The van der Waals surface area contributed by atoms with Crippen molar-refractivity contribution in [1.82, 2.24) is 5.32 Å². The van der Waals surface area contributed by atoms with Gasteiger partial charge in [-0.05, 0) is 42.6 Å². The molecule has 0 aliphatic carbocycles. The Hall–Kier alpha value is -0.580. The minimum absolute atomic E-state index is 0.0689. The van der Waals surface area contributed by atoms with Gasteiger partial charge in [0.05, 0.1) is 0 Å². The molecule has 0 rings (SSSR count). The van der Waals surface area contributed by atoms with Gasteiger partial charge in [0.1, 0.15) is 11.6 Å². The van der Waals surface area contributed by atoms with E-state index in [-0.39, 0.29) is 10.6 Å². The van der Waals surface area contributed by atoms with Gasteiger partial charge in [-0.25, -0.2) is 4.79 Å². The van der Waals surface area contributed by atoms with Crippen LogP contribution in [0, 0.1) is 5.92 Å². The minimum atomic E-state index is -0.564. The van der Waals surface area contributed by atoms with Gasteiger partial charge in [-0.2, -0.15) is 0 Å². The van der Waals surface area contributed by atoms with Gasteiger partial charge in [0.2, 0.25) is 4.69 Å². The normalized spacial score (nSPS) is 15.1. The molecule has 0 bridgehead atoms. The lowest BCUT2D eigenvalue weighted by Gasteiger charge is -2.24. The molecule has 4 nitrogen and oxygen atoms in total. The number of amides is 1. The van der Waals surface area contributed by atoms with Crippen LogP contribution in [-0.4, -0.2) is 22.4 Å². The van der Waals surface area contributed by atoms with E-state index in [2.05, 4.69) is 21.2 Å². The van der Waals surface area contributed by atoms with Gasteiger partial charge in [-0.3, -0.25) is 4.79 Å². The Balaban J connectivity index is 4.42. The highest BCUT2D eigenvalue weighted by Crippen LogP contribution is 2.13. The molecule has 0 heterocycles. The molecular weight excluding hydrogens is 274 g/mol. The highest BCUT2D eigenvalue weighted by Gasteiger charge is 2.26. The summed E-state index contributed by atoms with van der Waals surface area (Å²) >= 11 is 2.88. The van der Waals surface area contributed by atoms with Crippen molar-refractivity contribution in [3.8, 4) is 0 Å². The second-order valence-electron chi connectivity index (χ2n) is 4.81. The summed E-state index contributed by atoms with van der Waals surface area (Å²) < 4.78 is 4.86. The number of carbonyl (C=O) groups is 2. The van der Waals surface area contributed by atoms with E-state index in [9.17, 15) is 9.59 Å². The lowest BCUT2D eigenvalue weighted by atomic mass is 10.0. The zero-order valence-corrected chi connectivity index (χ0v) is 12.1. The van der Waals surface area contributed by atoms with Gasteiger partial charge in [0.25, 0.3) is 0 Å². The lowest BCUT2D eigenvalue weighted by molar-refractivity contribution is -0.113. The summed E-state index contributed by atoms with van der Waals surface area (Å²) in [6, 6.07) is -0.542. The van der Waals surface area contributed by atoms with Gasteiger partial charge >= 0.3 is 6.09 Å². The molecule has 1 amide bonds. The van der Waals surface area contributed by atoms with E-state index < -0.39 is 17.7 Å². The highest BCUT2D eigenvalue weighted by atomic mass is 79.9. The molecule has 0 spiro atoms. The molecule has 0 fully saturated rings. The molecule has 0 radical (unpaired) electrons. The van der Waals surface area contributed by atoms with Gasteiger partial charge < -0.3 is 10.1 Å². The predicted octanol–water partition coefficient (Wildman–Crippen LogP) is 2.85. The predicted molar refractivity (Wildman–Crippen MR) is 66.5 cm³/mol. The quantitative estimate of drug-likeness (QED) is 0.811. The van der Waals surface area contributed by atoms with E-state index in [4.69, 9.17) is 4.74 Å². The summed E-state index contributed by atoms with van der Waals surface area (Å²) in [6.45, 7) is 9.20. The number of hydrogen-bond acceptors (Lipinski definition) is 3. The van der Waals surface area contributed by atoms with Crippen LogP contribution < -0.4 is 5.32 Å². The Labute approximate surface area is 105 Å². The topological polar surface area (TPSA) is 55.4 Å². The average Bonchev–Trinajstić information content (AvgIpc) is 2.09. The maximum atomic E-state index is 11.5. The number of hydrogen-bond donors (Lipinski definition) is 1. The van der Waals surface area contributed by atoms with Gasteiger partial charge in [0.15, 0.2) is 0 Å². The third kappa shape index (κ3) is 6.10. The van der Waals surface area contributed by atoms with Crippen molar-refractivity contribution in [3.63, 3.8) is 0 Å². The van der Waals surface area contributed by atoms with Crippen molar-refractivity contribution < 1.29 is 14.3 Å². The van der Waals surface area contributed by atoms with Crippen molar-refractivity contribution in [2.75, 3.05) is 0 Å². The van der Waals surface area contributed by atoms with Crippen molar-refractivity contribution in [1.29, 1.82) is 0 Å². The molecule has 0 saturated carbocycles. The molecule has 16 heavy (non-hydrogen) atoms. The average molecular weight is 294 g/mol. The molecule has 5 heteroatoms. The SMILES string of the molecule is CCC(C)[C@H](NC(=O)OC(C)(C)C)C(=O)Br. The van der Waals surface area contributed by atoms with Crippen LogP contribution in [0.1, 0.15) is 41.0 Å². The van der Waals surface area contributed by atoms with Gasteiger partial charge in [-0.1, -0.05) is 20.3 Å². The molecule has 1 unspecified atom stereocenters. The molecule has 0 aromatic heterocycles. The Morgan fingerprint density at radius 2 is 1.88 bits per heavy atom. The molecule has 1 N–H and O–H groups in total. The Kier molecular flexibility index (Phi) is 6.00. The summed E-state index contributed by atoms with van der Waals surface area (Å²) in [5.74, 6) is 0.0689. The highest BCUT2D eigenvalue weighted by molar-refractivity contribution is 9.18. The number of rotatable bonds is 4. The van der Waals surface area contributed by atoms with Crippen LogP contribution in [0.3, 0.4) is 0 Å². The van der Waals surface area contributed by atoms with E-state index >= 15 is 0 Å². The van der Waals surface area contributed by atoms with E-state index in [1.54, 1.807) is 20.8 Å². The fraction of sp³-hybridized carbons (Fsp3) is 0.818. The zero-order valence-electron chi connectivity index (χ0n) is 10.5. The maximum absolute atomic E-state index is 11.5. The van der Waals surface area contributed by atoms with Crippen molar-refractivity contribution in [2.24, 2.45) is 5.92 Å². The zero-order chi connectivity index (χ0) is 12.9. The second-order valence-corrected chi connectivity index (χ2v) is 5.60. The van der Waals surface area contributed by atoms with Crippen LogP contribution in [0.4, 0.5) is 4.79 Å². The van der Waals surface area contributed by atoms with Crippen LogP contribution in [-0.2, 0) is 9.53 Å². The fourth-order valence-corrected chi connectivity index (χ4v) is 1.66. The number of alkyl carbamates (subject to hydrolysis) is 1. The third-order valence-corrected chi connectivity index (χ3v) is 2.62. The van der Waals surface area contributed by atoms with E-state index in [0.717, 1.165) is 6.42 Å². The third-order valence-electron chi connectivity index (χ3n) is 2.13. The Morgan fingerprint density at radius 1 is 1.38 bits per heavy atom. The summed E-state index contributed by atoms with van der Waals surface area (Å²) in [6.07, 6.45) is 0.239. The van der Waals surface area contributed by atoms with Crippen molar-refractivity contribution >= 4 is 26.7 Å². The summed E-state index contributed by atoms with van der Waals surface area (Å²) in [7, 11) is 0. The minimum Gasteiger partial charge on any atom is -0.444 e. The summed E-state index contributed by atoms with van der Waals surface area (Å²) in [5, 5.41) is 2.57. The van der Waals surface area contributed by atoms with Crippen molar-refractivity contribution in [3.05, 3.63) is 0 Å². The van der Waals surface area contributed by atoms with Gasteiger partial charge in [-0.15, -0.1) is 0 Å². The number of nitrogens with one attached hydrogen (secondary N) is 1. The monoisotopic (exact) mass is 293 g/mol. The first-order valence-corrected chi connectivity index (χ1v) is 6.15. The van der Waals surface area contributed by atoms with Crippen LogP contribution in [0.25, 0.3) is 0 Å². The molecule has 0 aliphatic rings. The van der Waals surface area contributed by atoms with E-state index in [1.165, 1.54) is 0 Å². The van der Waals surface area contributed by atoms with Crippen LogP contribution in [0.15, 0.2) is 0 Å². The Bertz CT molecular complexity index is 260. The lowest BCUT2D eigenvalue weighted by Crippen LogP contribution is -2.45. The molecule has 2 atom stereocenters. The summed E-state index contributed by atoms with van der Waals surface area (Å²) in [4.78, 5) is 22.8. The second kappa shape index (κ2) is 6.23. The van der Waals surface area contributed by atoms with Crippen LogP contribution >= 0.6 is 15.9 Å². The van der Waals surface area contributed by atoms with Crippen LogP contribution in [0.5, 0.6) is 0 Å². The molecule has 0 aliphatic heterocycles. The maximum Gasteiger partial charge on any atom is 0.408 e. The molecule has 0 aromatic rings. The Morgan fingerprint density at radius 3 is 2.19 bits per heavy atom. The first-order chi connectivity index (χ1) is 7.17. The molecule has 94 valence electrons. The smallest absolute Gasteiger partial charge is 0.408 e. The first-order valence-electron chi connectivity index (χ1n) is 5.36. The van der Waals surface area contributed by atoms with E-state index in [1.807, 2.05) is 13.8 Å². The molecular formula is C11H20BrNO3. The summed E-state index contributed by atoms with van der Waals surface area (Å²) in [5.41, 5.74) is -0.556. The fourth-order valence-electron chi connectivity index (χ4n) is 1.09. The number of ether oxygens (including phenoxy) is 1. The molecule has 0 aromatic carbocycles. The number of halogens is 1.